The zero-order chi connectivity index (χ0) is 16.9. The molecule has 122 valence electrons. The number of rotatable bonds is 5. The summed E-state index contributed by atoms with van der Waals surface area (Å²) in [6.07, 6.45) is 0. The van der Waals surface area contributed by atoms with Gasteiger partial charge in [0.05, 0.1) is 14.2 Å². The molecule has 3 aromatic rings. The Balaban J connectivity index is 2.10. The van der Waals surface area contributed by atoms with Crippen LogP contribution in [0.15, 0.2) is 72.8 Å². The molecule has 0 unspecified atom stereocenters. The van der Waals surface area contributed by atoms with Gasteiger partial charge in [-0.1, -0.05) is 42.5 Å². The Morgan fingerprint density at radius 1 is 0.667 bits per heavy atom. The molecule has 3 rings (SSSR count). The van der Waals surface area contributed by atoms with Gasteiger partial charge < -0.3 is 15.2 Å². The highest BCUT2D eigenvalue weighted by Gasteiger charge is 2.19. The fourth-order valence-corrected chi connectivity index (χ4v) is 2.92. The van der Waals surface area contributed by atoms with Crippen LogP contribution in [-0.4, -0.2) is 14.2 Å². The summed E-state index contributed by atoms with van der Waals surface area (Å²) in [5.74, 6) is 1.74. The lowest BCUT2D eigenvalue weighted by Crippen LogP contribution is -2.06. The molecule has 3 aromatic carbocycles. The van der Waals surface area contributed by atoms with Crippen LogP contribution in [0.2, 0.25) is 0 Å². The van der Waals surface area contributed by atoms with Gasteiger partial charge in [-0.2, -0.15) is 0 Å². The second-order valence-electron chi connectivity index (χ2n) is 5.61. The van der Waals surface area contributed by atoms with E-state index in [2.05, 4.69) is 30.3 Å². The molecule has 0 saturated heterocycles. The van der Waals surface area contributed by atoms with E-state index < -0.39 is 0 Å². The zero-order valence-corrected chi connectivity index (χ0v) is 13.9. The fraction of sp³-hybridized carbons (Fsp3) is 0.143. The van der Waals surface area contributed by atoms with E-state index in [9.17, 15) is 0 Å². The Bertz CT molecular complexity index is 747. The number of hydrogen-bond acceptors (Lipinski definition) is 3. The van der Waals surface area contributed by atoms with E-state index in [1.54, 1.807) is 14.2 Å². The van der Waals surface area contributed by atoms with Crippen LogP contribution in [0.1, 0.15) is 22.6 Å². The smallest absolute Gasteiger partial charge is 0.118 e. The van der Waals surface area contributed by atoms with E-state index in [1.165, 1.54) is 11.1 Å². The first kappa shape index (κ1) is 15.9. The minimum absolute atomic E-state index is 0.0583. The van der Waals surface area contributed by atoms with Crippen LogP contribution in [0, 0.1) is 0 Å². The molecular weight excluding hydrogens is 298 g/mol. The van der Waals surface area contributed by atoms with Gasteiger partial charge in [0.25, 0.3) is 0 Å². The lowest BCUT2D eigenvalue weighted by Gasteiger charge is -2.21. The highest BCUT2D eigenvalue weighted by molar-refractivity contribution is 5.56. The molecule has 0 aromatic heterocycles. The summed E-state index contributed by atoms with van der Waals surface area (Å²) in [4.78, 5) is 0. The largest absolute Gasteiger partial charge is 0.497 e. The first-order chi connectivity index (χ1) is 11.7. The molecule has 3 heteroatoms. The molecule has 0 radical (unpaired) electrons. The highest BCUT2D eigenvalue weighted by atomic mass is 16.5. The van der Waals surface area contributed by atoms with E-state index in [-0.39, 0.29) is 5.92 Å². The topological polar surface area (TPSA) is 44.5 Å². The van der Waals surface area contributed by atoms with Gasteiger partial charge in [0, 0.05) is 11.6 Å². The summed E-state index contributed by atoms with van der Waals surface area (Å²) in [7, 11) is 3.34. The normalized spacial score (nSPS) is 10.6. The lowest BCUT2D eigenvalue weighted by atomic mass is 9.84. The van der Waals surface area contributed by atoms with Gasteiger partial charge in [0.2, 0.25) is 0 Å². The van der Waals surface area contributed by atoms with Crippen molar-refractivity contribution in [1.29, 1.82) is 0 Å². The standard InChI is InChI=1S/C21H21NO2/c1-23-17-11-7-15(8-12-17)21(19-5-3-4-6-20(19)22)16-9-13-18(24-2)14-10-16/h3-14,21H,22H2,1-2H3. The Hall–Kier alpha value is -2.94. The van der Waals surface area contributed by atoms with Crippen LogP contribution in [-0.2, 0) is 0 Å². The maximum atomic E-state index is 6.26. The summed E-state index contributed by atoms with van der Waals surface area (Å²) < 4.78 is 10.5. The third kappa shape index (κ3) is 3.20. The Morgan fingerprint density at radius 3 is 1.54 bits per heavy atom. The molecule has 0 atom stereocenters. The molecule has 0 bridgehead atoms. The van der Waals surface area contributed by atoms with Crippen molar-refractivity contribution in [2.75, 3.05) is 20.0 Å². The van der Waals surface area contributed by atoms with Crippen LogP contribution < -0.4 is 15.2 Å². The van der Waals surface area contributed by atoms with Crippen LogP contribution in [0.25, 0.3) is 0 Å². The number of ether oxygens (including phenoxy) is 2. The van der Waals surface area contributed by atoms with E-state index in [0.29, 0.717) is 0 Å². The Labute approximate surface area is 142 Å². The van der Waals surface area contributed by atoms with E-state index in [0.717, 1.165) is 22.7 Å². The molecule has 0 aliphatic heterocycles. The molecule has 0 aliphatic carbocycles. The first-order valence-corrected chi connectivity index (χ1v) is 7.85. The van der Waals surface area contributed by atoms with Gasteiger partial charge >= 0.3 is 0 Å². The molecule has 0 fully saturated rings. The first-order valence-electron chi connectivity index (χ1n) is 7.85. The number of hydrogen-bond donors (Lipinski definition) is 1. The molecule has 0 saturated carbocycles. The van der Waals surface area contributed by atoms with Gasteiger partial charge in [0.15, 0.2) is 0 Å². The van der Waals surface area contributed by atoms with Crippen molar-refractivity contribution in [3.8, 4) is 11.5 Å². The second-order valence-corrected chi connectivity index (χ2v) is 5.61. The SMILES string of the molecule is COc1ccc(C(c2ccc(OC)cc2)c2ccccc2N)cc1. The Morgan fingerprint density at radius 2 is 1.12 bits per heavy atom. The maximum Gasteiger partial charge on any atom is 0.118 e. The third-order valence-corrected chi connectivity index (χ3v) is 4.21. The Kier molecular flexibility index (Phi) is 4.71. The summed E-state index contributed by atoms with van der Waals surface area (Å²) in [6, 6.07) is 24.2. The summed E-state index contributed by atoms with van der Waals surface area (Å²) in [5.41, 5.74) is 10.5. The average Bonchev–Trinajstić information content (AvgIpc) is 2.64. The summed E-state index contributed by atoms with van der Waals surface area (Å²) in [6.45, 7) is 0. The van der Waals surface area contributed by atoms with Crippen LogP contribution >= 0.6 is 0 Å². The van der Waals surface area contributed by atoms with Gasteiger partial charge in [0.1, 0.15) is 11.5 Å². The number of anilines is 1. The van der Waals surface area contributed by atoms with Crippen molar-refractivity contribution in [2.45, 2.75) is 5.92 Å². The van der Waals surface area contributed by atoms with Gasteiger partial charge in [-0.25, -0.2) is 0 Å². The number of methoxy groups -OCH3 is 2. The predicted molar refractivity (Wildman–Crippen MR) is 97.8 cm³/mol. The van der Waals surface area contributed by atoms with Gasteiger partial charge in [-0.15, -0.1) is 0 Å². The minimum atomic E-state index is 0.0583. The average molecular weight is 319 g/mol. The third-order valence-electron chi connectivity index (χ3n) is 4.21. The number of benzene rings is 3. The molecule has 3 nitrogen and oxygen atoms in total. The predicted octanol–water partition coefficient (Wildman–Crippen LogP) is 4.47. The molecule has 0 aliphatic rings. The quantitative estimate of drug-likeness (QED) is 0.557. The van der Waals surface area contributed by atoms with Crippen LogP contribution in [0.5, 0.6) is 11.5 Å². The minimum Gasteiger partial charge on any atom is -0.497 e. The summed E-state index contributed by atoms with van der Waals surface area (Å²) >= 11 is 0. The molecular formula is C21H21NO2. The van der Waals surface area contributed by atoms with Crippen LogP contribution in [0.3, 0.4) is 0 Å². The summed E-state index contributed by atoms with van der Waals surface area (Å²) in [5, 5.41) is 0. The highest BCUT2D eigenvalue weighted by Crippen LogP contribution is 2.36. The number of nitrogen functional groups attached to an aromatic ring is 1. The van der Waals surface area contributed by atoms with Crippen molar-refractivity contribution < 1.29 is 9.47 Å². The second kappa shape index (κ2) is 7.09. The zero-order valence-electron chi connectivity index (χ0n) is 13.9. The molecule has 24 heavy (non-hydrogen) atoms. The maximum absolute atomic E-state index is 6.26. The van der Waals surface area contributed by atoms with Crippen molar-refractivity contribution in [3.63, 3.8) is 0 Å². The molecule has 0 amide bonds. The molecule has 2 N–H and O–H groups in total. The lowest BCUT2D eigenvalue weighted by molar-refractivity contribution is 0.414. The van der Waals surface area contributed by atoms with Crippen molar-refractivity contribution in [1.82, 2.24) is 0 Å². The monoisotopic (exact) mass is 319 g/mol. The van der Waals surface area contributed by atoms with Crippen molar-refractivity contribution in [3.05, 3.63) is 89.5 Å². The van der Waals surface area contributed by atoms with Gasteiger partial charge in [-0.3, -0.25) is 0 Å². The van der Waals surface area contributed by atoms with E-state index >= 15 is 0 Å². The number of nitrogens with two attached hydrogens (primary N) is 1. The van der Waals surface area contributed by atoms with Crippen LogP contribution in [0.4, 0.5) is 5.69 Å². The number of para-hydroxylation sites is 1. The van der Waals surface area contributed by atoms with Crippen molar-refractivity contribution in [2.24, 2.45) is 0 Å². The molecule has 0 heterocycles. The fourth-order valence-electron chi connectivity index (χ4n) is 2.92. The molecule has 0 spiro atoms. The van der Waals surface area contributed by atoms with E-state index in [4.69, 9.17) is 15.2 Å². The van der Waals surface area contributed by atoms with Crippen molar-refractivity contribution >= 4 is 5.69 Å². The van der Waals surface area contributed by atoms with E-state index in [1.807, 2.05) is 42.5 Å². The van der Waals surface area contributed by atoms with Gasteiger partial charge in [-0.05, 0) is 47.0 Å².